The molecule has 0 spiro atoms. The van der Waals surface area contributed by atoms with Gasteiger partial charge in [0.2, 0.25) is 0 Å². The Labute approximate surface area is 158 Å². The average molecular weight is 409 g/mol. The highest BCUT2D eigenvalue weighted by Gasteiger charge is 2.50. The van der Waals surface area contributed by atoms with Gasteiger partial charge >= 0.3 is 12.3 Å². The van der Waals surface area contributed by atoms with Crippen molar-refractivity contribution in [1.82, 2.24) is 4.90 Å². The van der Waals surface area contributed by atoms with Crippen molar-refractivity contribution in [3.05, 3.63) is 22.6 Å². The lowest BCUT2D eigenvalue weighted by Gasteiger charge is -2.47. The van der Waals surface area contributed by atoms with Gasteiger partial charge in [-0.25, -0.2) is 13.2 Å². The molecule has 2 rings (SSSR count). The van der Waals surface area contributed by atoms with Gasteiger partial charge in [-0.1, -0.05) is 6.08 Å². The summed E-state index contributed by atoms with van der Waals surface area (Å²) in [4.78, 5) is 13.1. The third-order valence-electron chi connectivity index (χ3n) is 4.96. The standard InChI is InChI=1S/C18H26F3NO4S/c1-16(2,3)26-15(23)22-10-13(11-22)17(4,5)27(24,25)14-8-6-7-12(9-14)18(19,20)21/h8-9,13H,6-7,10-11H2,1-5H3. The third kappa shape index (κ3) is 4.50. The molecule has 0 N–H and O–H groups in total. The molecule has 2 aliphatic rings. The van der Waals surface area contributed by atoms with Crippen LogP contribution in [-0.2, 0) is 14.6 Å². The van der Waals surface area contributed by atoms with Crippen LogP contribution in [0.5, 0.6) is 0 Å². The topological polar surface area (TPSA) is 63.7 Å². The number of amides is 1. The molecule has 0 radical (unpaired) electrons. The summed E-state index contributed by atoms with van der Waals surface area (Å²) in [5.41, 5.74) is -1.49. The number of nitrogens with zero attached hydrogens (tertiary/aromatic N) is 1. The van der Waals surface area contributed by atoms with Gasteiger partial charge in [0.15, 0.2) is 9.84 Å². The highest BCUT2D eigenvalue weighted by molar-refractivity contribution is 7.96. The molecule has 9 heteroatoms. The normalized spacial score (nSPS) is 19.9. The minimum absolute atomic E-state index is 0.0324. The van der Waals surface area contributed by atoms with Crippen LogP contribution in [0.2, 0.25) is 0 Å². The van der Waals surface area contributed by atoms with E-state index in [4.69, 9.17) is 4.74 Å². The lowest BCUT2D eigenvalue weighted by Crippen LogP contribution is -2.60. The summed E-state index contributed by atoms with van der Waals surface area (Å²) in [5.74, 6) is -0.388. The Morgan fingerprint density at radius 1 is 1.15 bits per heavy atom. The van der Waals surface area contributed by atoms with Crippen LogP contribution in [0.1, 0.15) is 47.5 Å². The monoisotopic (exact) mass is 409 g/mol. The first-order chi connectivity index (χ1) is 12.1. The van der Waals surface area contributed by atoms with E-state index in [1.807, 2.05) is 0 Å². The highest BCUT2D eigenvalue weighted by atomic mass is 32.2. The zero-order valence-corrected chi connectivity index (χ0v) is 17.0. The van der Waals surface area contributed by atoms with E-state index in [1.165, 1.54) is 24.8 Å². The Morgan fingerprint density at radius 3 is 2.19 bits per heavy atom. The quantitative estimate of drug-likeness (QED) is 0.700. The fraction of sp³-hybridized carbons (Fsp3) is 0.722. The van der Waals surface area contributed by atoms with Gasteiger partial charge in [0, 0.05) is 24.6 Å². The molecule has 0 atom stereocenters. The summed E-state index contributed by atoms with van der Waals surface area (Å²) in [7, 11) is -3.99. The number of hydrogen-bond acceptors (Lipinski definition) is 4. The molecule has 0 aromatic rings. The molecule has 1 fully saturated rings. The van der Waals surface area contributed by atoms with Gasteiger partial charge in [0.25, 0.3) is 0 Å². The van der Waals surface area contributed by atoms with E-state index >= 15 is 0 Å². The molecule has 1 aliphatic heterocycles. The summed E-state index contributed by atoms with van der Waals surface area (Å²) >= 11 is 0. The zero-order chi connectivity index (χ0) is 20.8. The lowest BCUT2D eigenvalue weighted by molar-refractivity contribution is -0.0940. The van der Waals surface area contributed by atoms with Crippen molar-refractivity contribution in [1.29, 1.82) is 0 Å². The number of allylic oxidation sites excluding steroid dienone is 3. The molecule has 27 heavy (non-hydrogen) atoms. The maximum Gasteiger partial charge on any atom is 0.412 e. The van der Waals surface area contributed by atoms with Crippen LogP contribution >= 0.6 is 0 Å². The van der Waals surface area contributed by atoms with Gasteiger partial charge in [-0.2, -0.15) is 13.2 Å². The molecule has 1 saturated heterocycles. The largest absolute Gasteiger partial charge is 0.444 e. The number of likely N-dealkylation sites (tertiary alicyclic amines) is 1. The van der Waals surface area contributed by atoms with Gasteiger partial charge in [-0.15, -0.1) is 0 Å². The van der Waals surface area contributed by atoms with Gasteiger partial charge in [-0.05, 0) is 53.5 Å². The van der Waals surface area contributed by atoms with E-state index in [9.17, 15) is 26.4 Å². The predicted octanol–water partition coefficient (Wildman–Crippen LogP) is 4.21. The molecular formula is C18H26F3NO4S. The molecular weight excluding hydrogens is 383 g/mol. The van der Waals surface area contributed by atoms with Crippen molar-refractivity contribution in [3.8, 4) is 0 Å². The number of halogens is 3. The van der Waals surface area contributed by atoms with Crippen LogP contribution in [0.4, 0.5) is 18.0 Å². The molecule has 1 amide bonds. The van der Waals surface area contributed by atoms with Crippen molar-refractivity contribution >= 4 is 15.9 Å². The van der Waals surface area contributed by atoms with Crippen molar-refractivity contribution in [3.63, 3.8) is 0 Å². The lowest BCUT2D eigenvalue weighted by atomic mass is 9.88. The number of ether oxygens (including phenoxy) is 1. The Balaban J connectivity index is 2.14. The fourth-order valence-electron chi connectivity index (χ4n) is 3.00. The van der Waals surface area contributed by atoms with Gasteiger partial charge in [-0.3, -0.25) is 0 Å². The van der Waals surface area contributed by atoms with Crippen LogP contribution in [0.25, 0.3) is 0 Å². The number of alkyl halides is 3. The van der Waals surface area contributed by atoms with E-state index in [-0.39, 0.29) is 36.8 Å². The zero-order valence-electron chi connectivity index (χ0n) is 16.2. The molecule has 0 aromatic heterocycles. The van der Waals surface area contributed by atoms with E-state index in [1.54, 1.807) is 20.8 Å². The van der Waals surface area contributed by atoms with Crippen LogP contribution in [0, 0.1) is 5.92 Å². The highest BCUT2D eigenvalue weighted by Crippen LogP contribution is 2.41. The molecule has 5 nitrogen and oxygen atoms in total. The Kier molecular flexibility index (Phi) is 5.51. The molecule has 0 aromatic carbocycles. The fourth-order valence-corrected chi connectivity index (χ4v) is 4.83. The summed E-state index contributed by atoms with van der Waals surface area (Å²) < 4.78 is 68.8. The molecule has 0 saturated carbocycles. The second-order valence-electron chi connectivity index (χ2n) is 8.50. The molecule has 1 aliphatic carbocycles. The maximum absolute atomic E-state index is 13.0. The molecule has 0 unspecified atom stereocenters. The summed E-state index contributed by atoms with van der Waals surface area (Å²) in [6.45, 7) is 8.56. The number of carbonyl (C=O) groups excluding carboxylic acids is 1. The Hall–Kier alpha value is -1.51. The SMILES string of the molecule is CC(C)(C)OC(=O)N1CC(C(C)(C)S(=O)(=O)C2=CCCC(C(F)(F)F)=C2)C1. The number of hydrogen-bond donors (Lipinski definition) is 0. The van der Waals surface area contributed by atoms with Crippen LogP contribution in [0.15, 0.2) is 22.6 Å². The molecule has 0 bridgehead atoms. The summed E-state index contributed by atoms with van der Waals surface area (Å²) in [6, 6.07) is 0. The number of sulfone groups is 1. The summed E-state index contributed by atoms with van der Waals surface area (Å²) in [5, 5.41) is 0. The predicted molar refractivity (Wildman–Crippen MR) is 95.8 cm³/mol. The first-order valence-electron chi connectivity index (χ1n) is 8.76. The van der Waals surface area contributed by atoms with E-state index in [0.717, 1.165) is 6.08 Å². The van der Waals surface area contributed by atoms with Crippen molar-refractivity contribution in [2.45, 2.75) is 64.0 Å². The summed E-state index contributed by atoms with van der Waals surface area (Å²) in [6.07, 6.45) is -3.17. The van der Waals surface area contributed by atoms with Crippen LogP contribution in [-0.4, -0.2) is 49.0 Å². The first-order valence-corrected chi connectivity index (χ1v) is 10.2. The van der Waals surface area contributed by atoms with Crippen molar-refractivity contribution in [2.24, 2.45) is 5.92 Å². The average Bonchev–Trinajstić information content (AvgIpc) is 2.42. The first kappa shape index (κ1) is 21.8. The Bertz CT molecular complexity index is 767. The van der Waals surface area contributed by atoms with Crippen LogP contribution in [0.3, 0.4) is 0 Å². The minimum atomic E-state index is -4.54. The molecule has 154 valence electrons. The second-order valence-corrected chi connectivity index (χ2v) is 11.0. The Morgan fingerprint density at radius 2 is 1.70 bits per heavy atom. The minimum Gasteiger partial charge on any atom is -0.444 e. The van der Waals surface area contributed by atoms with Gasteiger partial charge < -0.3 is 9.64 Å². The van der Waals surface area contributed by atoms with Crippen LogP contribution < -0.4 is 0 Å². The van der Waals surface area contributed by atoms with E-state index < -0.39 is 38.0 Å². The smallest absolute Gasteiger partial charge is 0.412 e. The van der Waals surface area contributed by atoms with Crippen molar-refractivity contribution < 1.29 is 31.1 Å². The third-order valence-corrected chi connectivity index (χ3v) is 7.58. The molecule has 1 heterocycles. The number of rotatable bonds is 3. The maximum atomic E-state index is 13.0. The van der Waals surface area contributed by atoms with Gasteiger partial charge in [0.1, 0.15) is 5.60 Å². The van der Waals surface area contributed by atoms with Crippen molar-refractivity contribution in [2.75, 3.05) is 13.1 Å². The van der Waals surface area contributed by atoms with E-state index in [0.29, 0.717) is 0 Å². The number of carbonyl (C=O) groups is 1. The second kappa shape index (κ2) is 6.83. The van der Waals surface area contributed by atoms with Gasteiger partial charge in [0.05, 0.1) is 9.65 Å². The van der Waals surface area contributed by atoms with E-state index in [2.05, 4.69) is 0 Å².